The number of benzene rings is 3. The molecule has 3 aromatic rings. The number of fused-ring (bicyclic) bond motifs is 1. The van der Waals surface area contributed by atoms with Crippen molar-refractivity contribution in [2.45, 2.75) is 25.3 Å². The predicted molar refractivity (Wildman–Crippen MR) is 111 cm³/mol. The van der Waals surface area contributed by atoms with Crippen LogP contribution in [0.25, 0.3) is 10.8 Å². The van der Waals surface area contributed by atoms with E-state index in [2.05, 4.69) is 6.07 Å². The number of imide groups is 1. The van der Waals surface area contributed by atoms with Crippen molar-refractivity contribution < 1.29 is 19.1 Å². The number of amides is 2. The van der Waals surface area contributed by atoms with Gasteiger partial charge in [0, 0.05) is 6.42 Å². The van der Waals surface area contributed by atoms with E-state index in [0.29, 0.717) is 12.8 Å². The number of methoxy groups -OCH3 is 1. The lowest BCUT2D eigenvalue weighted by atomic mass is 10.0. The summed E-state index contributed by atoms with van der Waals surface area (Å²) in [5, 5.41) is 2.18. The second-order valence-electron chi connectivity index (χ2n) is 7.23. The van der Waals surface area contributed by atoms with E-state index in [1.54, 1.807) is 7.11 Å². The summed E-state index contributed by atoms with van der Waals surface area (Å²) in [5.74, 6) is 0.626. The summed E-state index contributed by atoms with van der Waals surface area (Å²) in [7, 11) is 1.65. The van der Waals surface area contributed by atoms with Gasteiger partial charge in [0.15, 0.2) is 0 Å². The van der Waals surface area contributed by atoms with Crippen LogP contribution in [0.2, 0.25) is 0 Å². The Kier molecular flexibility index (Phi) is 5.47. The van der Waals surface area contributed by atoms with Crippen LogP contribution in [0, 0.1) is 0 Å². The third-order valence-corrected chi connectivity index (χ3v) is 5.28. The maximum Gasteiger partial charge on any atom is 0.416 e. The molecule has 0 spiro atoms. The fraction of sp³-hybridized carbons (Fsp3) is 0.250. The molecule has 2 amide bonds. The van der Waals surface area contributed by atoms with Gasteiger partial charge in [-0.05, 0) is 46.9 Å². The number of cyclic esters (lactones) is 1. The number of hydrogen-bond acceptors (Lipinski definition) is 4. The molecule has 0 unspecified atom stereocenters. The number of nitrogens with zero attached hydrogens (tertiary/aromatic N) is 1. The highest BCUT2D eigenvalue weighted by atomic mass is 16.6. The number of carbonyl (C=O) groups excluding carboxylic acids is 2. The number of aryl methyl sites for hydroxylation is 1. The van der Waals surface area contributed by atoms with Crippen molar-refractivity contribution in [2.75, 3.05) is 13.7 Å². The highest BCUT2D eigenvalue weighted by molar-refractivity contribution is 5.93. The highest BCUT2D eigenvalue weighted by Gasteiger charge is 2.37. The molecule has 1 saturated heterocycles. The van der Waals surface area contributed by atoms with Crippen LogP contribution in [-0.2, 0) is 22.4 Å². The number of rotatable bonds is 6. The first-order valence-corrected chi connectivity index (χ1v) is 9.73. The van der Waals surface area contributed by atoms with Crippen LogP contribution in [0.3, 0.4) is 0 Å². The summed E-state index contributed by atoms with van der Waals surface area (Å²) in [6.07, 6.45) is 0.905. The maximum atomic E-state index is 12.8. The summed E-state index contributed by atoms with van der Waals surface area (Å²) < 4.78 is 10.4. The third kappa shape index (κ3) is 4.24. The molecular formula is C24H23NO4. The monoisotopic (exact) mass is 389 g/mol. The lowest BCUT2D eigenvalue weighted by molar-refractivity contribution is -0.129. The highest BCUT2D eigenvalue weighted by Crippen LogP contribution is 2.23. The van der Waals surface area contributed by atoms with Gasteiger partial charge in [0.2, 0.25) is 5.91 Å². The zero-order chi connectivity index (χ0) is 20.2. The Morgan fingerprint density at radius 3 is 2.59 bits per heavy atom. The summed E-state index contributed by atoms with van der Waals surface area (Å²) in [6, 6.07) is 21.6. The van der Waals surface area contributed by atoms with Crippen LogP contribution in [0.15, 0.2) is 66.7 Å². The summed E-state index contributed by atoms with van der Waals surface area (Å²) in [5.41, 5.74) is 2.14. The molecule has 1 aliphatic heterocycles. The fourth-order valence-electron chi connectivity index (χ4n) is 3.73. The fourth-order valence-corrected chi connectivity index (χ4v) is 3.73. The van der Waals surface area contributed by atoms with Crippen molar-refractivity contribution in [1.29, 1.82) is 0 Å². The Labute approximate surface area is 169 Å². The van der Waals surface area contributed by atoms with E-state index in [4.69, 9.17) is 9.47 Å². The van der Waals surface area contributed by atoms with Gasteiger partial charge in [-0.3, -0.25) is 4.79 Å². The SMILES string of the molecule is COc1ccc2cc(CCC(=O)N3C(=O)OC[C@@H]3Cc3ccccc3)ccc2c1. The Balaban J connectivity index is 1.42. The molecule has 4 rings (SSSR count). The number of hydrogen-bond donors (Lipinski definition) is 0. The van der Waals surface area contributed by atoms with Gasteiger partial charge in [0.05, 0.1) is 13.2 Å². The molecule has 0 aromatic heterocycles. The lowest BCUT2D eigenvalue weighted by Gasteiger charge is -2.19. The molecule has 1 fully saturated rings. The second kappa shape index (κ2) is 8.35. The first kappa shape index (κ1) is 19.0. The Morgan fingerprint density at radius 1 is 1.03 bits per heavy atom. The van der Waals surface area contributed by atoms with Crippen LogP contribution in [0.4, 0.5) is 4.79 Å². The van der Waals surface area contributed by atoms with E-state index >= 15 is 0 Å². The molecule has 0 saturated carbocycles. The lowest BCUT2D eigenvalue weighted by Crippen LogP contribution is -2.40. The van der Waals surface area contributed by atoms with E-state index in [1.807, 2.05) is 60.7 Å². The standard InChI is InChI=1S/C24H23NO4/c1-28-22-11-10-19-13-18(7-9-20(19)15-22)8-12-23(26)25-21(16-29-24(25)27)14-17-5-3-2-4-6-17/h2-7,9-11,13,15,21H,8,12,14,16H2,1H3/t21-/m0/s1. The molecule has 1 aliphatic rings. The molecule has 0 N–H and O–H groups in total. The zero-order valence-corrected chi connectivity index (χ0v) is 16.3. The van der Waals surface area contributed by atoms with Gasteiger partial charge in [-0.2, -0.15) is 0 Å². The van der Waals surface area contributed by atoms with Crippen molar-refractivity contribution in [3.63, 3.8) is 0 Å². The Morgan fingerprint density at radius 2 is 1.79 bits per heavy atom. The summed E-state index contributed by atoms with van der Waals surface area (Å²) in [4.78, 5) is 26.2. The van der Waals surface area contributed by atoms with Crippen LogP contribution in [0.5, 0.6) is 5.75 Å². The molecule has 0 bridgehead atoms. The molecule has 1 heterocycles. The Hall–Kier alpha value is -3.34. The normalized spacial score (nSPS) is 16.1. The zero-order valence-electron chi connectivity index (χ0n) is 16.3. The Bertz CT molecular complexity index is 1030. The molecule has 0 radical (unpaired) electrons. The first-order valence-electron chi connectivity index (χ1n) is 9.73. The molecule has 0 aliphatic carbocycles. The summed E-state index contributed by atoms with van der Waals surface area (Å²) >= 11 is 0. The summed E-state index contributed by atoms with van der Waals surface area (Å²) in [6.45, 7) is 0.247. The van der Waals surface area contributed by atoms with Gasteiger partial charge in [0.1, 0.15) is 12.4 Å². The van der Waals surface area contributed by atoms with Crippen molar-refractivity contribution in [3.05, 3.63) is 77.9 Å². The smallest absolute Gasteiger partial charge is 0.416 e. The number of ether oxygens (including phenoxy) is 2. The van der Waals surface area contributed by atoms with E-state index in [9.17, 15) is 9.59 Å². The number of carbonyl (C=O) groups is 2. The average molecular weight is 389 g/mol. The van der Waals surface area contributed by atoms with Crippen molar-refractivity contribution >= 4 is 22.8 Å². The maximum absolute atomic E-state index is 12.8. The van der Waals surface area contributed by atoms with Crippen molar-refractivity contribution in [1.82, 2.24) is 4.90 Å². The largest absolute Gasteiger partial charge is 0.497 e. The first-order chi connectivity index (χ1) is 14.1. The van der Waals surface area contributed by atoms with Gasteiger partial charge < -0.3 is 9.47 Å². The van der Waals surface area contributed by atoms with Gasteiger partial charge in [-0.1, -0.05) is 54.6 Å². The minimum atomic E-state index is -0.540. The predicted octanol–water partition coefficient (Wildman–Crippen LogP) is 4.37. The second-order valence-corrected chi connectivity index (χ2v) is 7.23. The van der Waals surface area contributed by atoms with Gasteiger partial charge in [-0.15, -0.1) is 0 Å². The molecule has 5 heteroatoms. The van der Waals surface area contributed by atoms with E-state index in [1.165, 1.54) is 4.90 Å². The van der Waals surface area contributed by atoms with Crippen LogP contribution in [-0.4, -0.2) is 36.7 Å². The van der Waals surface area contributed by atoms with Gasteiger partial charge >= 0.3 is 6.09 Å². The molecular weight excluding hydrogens is 366 g/mol. The van der Waals surface area contributed by atoms with Crippen LogP contribution < -0.4 is 4.74 Å². The molecule has 5 nitrogen and oxygen atoms in total. The van der Waals surface area contributed by atoms with E-state index < -0.39 is 6.09 Å². The molecule has 3 aromatic carbocycles. The molecule has 29 heavy (non-hydrogen) atoms. The van der Waals surface area contributed by atoms with Crippen molar-refractivity contribution in [2.24, 2.45) is 0 Å². The molecule has 1 atom stereocenters. The van der Waals surface area contributed by atoms with E-state index in [0.717, 1.165) is 27.6 Å². The van der Waals surface area contributed by atoms with Gasteiger partial charge in [0.25, 0.3) is 0 Å². The quantitative estimate of drug-likeness (QED) is 0.628. The average Bonchev–Trinajstić information content (AvgIpc) is 3.12. The van der Waals surface area contributed by atoms with Crippen LogP contribution >= 0.6 is 0 Å². The van der Waals surface area contributed by atoms with Crippen LogP contribution in [0.1, 0.15) is 17.5 Å². The van der Waals surface area contributed by atoms with Crippen molar-refractivity contribution in [3.8, 4) is 5.75 Å². The van der Waals surface area contributed by atoms with Gasteiger partial charge in [-0.25, -0.2) is 9.69 Å². The molecule has 148 valence electrons. The minimum absolute atomic E-state index is 0.191. The topological polar surface area (TPSA) is 55.8 Å². The van der Waals surface area contributed by atoms with E-state index in [-0.39, 0.29) is 25.0 Å². The minimum Gasteiger partial charge on any atom is -0.497 e. The third-order valence-electron chi connectivity index (χ3n) is 5.28.